The summed E-state index contributed by atoms with van der Waals surface area (Å²) in [5, 5.41) is 0.348. The molecule has 0 aromatic carbocycles. The highest BCUT2D eigenvalue weighted by atomic mass is 28.4. The first-order valence-corrected chi connectivity index (χ1v) is 22.0. The SMILES string of the molecule is C=C1[C@H](O[Si](C)(C)C(C)(C)C)CC(=C/C=C2\CCC[C@@]3(C)C2CCC3[C@@H](C)CC)C[C@H]1O[Si](C)(C)C(C)(C)C. The molecule has 0 heterocycles. The lowest BCUT2D eigenvalue weighted by molar-refractivity contribution is 0.0961. The minimum Gasteiger partial charge on any atom is -0.410 e. The van der Waals surface area contributed by atoms with Crippen LogP contribution in [-0.2, 0) is 8.85 Å². The van der Waals surface area contributed by atoms with Crippen LogP contribution in [0.5, 0.6) is 0 Å². The molecule has 224 valence electrons. The van der Waals surface area contributed by atoms with E-state index in [0.29, 0.717) is 5.41 Å². The molecule has 0 N–H and O–H groups in total. The van der Waals surface area contributed by atoms with Crippen LogP contribution in [0.15, 0.2) is 35.5 Å². The zero-order valence-corrected chi connectivity index (χ0v) is 30.2. The van der Waals surface area contributed by atoms with Gasteiger partial charge >= 0.3 is 0 Å². The summed E-state index contributed by atoms with van der Waals surface area (Å²) in [5.74, 6) is 2.48. The van der Waals surface area contributed by atoms with Gasteiger partial charge in [-0.2, -0.15) is 0 Å². The highest BCUT2D eigenvalue weighted by Gasteiger charge is 2.50. The average Bonchev–Trinajstić information content (AvgIpc) is 3.15. The fourth-order valence-corrected chi connectivity index (χ4v) is 9.79. The summed E-state index contributed by atoms with van der Waals surface area (Å²) in [6.07, 6.45) is 15.2. The molecule has 0 spiro atoms. The Morgan fingerprint density at radius 1 is 0.923 bits per heavy atom. The Bertz CT molecular complexity index is 903. The fourth-order valence-electron chi connectivity index (χ4n) is 7.19. The first kappa shape index (κ1) is 33.1. The molecule has 0 radical (unpaired) electrons. The molecule has 3 fully saturated rings. The van der Waals surface area contributed by atoms with E-state index in [1.54, 1.807) is 5.57 Å². The summed E-state index contributed by atoms with van der Waals surface area (Å²) >= 11 is 0. The second-order valence-corrected chi connectivity index (χ2v) is 26.3. The van der Waals surface area contributed by atoms with E-state index in [4.69, 9.17) is 8.85 Å². The van der Waals surface area contributed by atoms with Gasteiger partial charge in [0.15, 0.2) is 16.6 Å². The third-order valence-electron chi connectivity index (χ3n) is 12.1. The van der Waals surface area contributed by atoms with Gasteiger partial charge < -0.3 is 8.85 Å². The zero-order chi connectivity index (χ0) is 29.6. The fraction of sp³-hybridized carbons (Fsp3) is 0.829. The Kier molecular flexibility index (Phi) is 9.91. The molecular formula is C35H64O2Si2. The van der Waals surface area contributed by atoms with Gasteiger partial charge in [0.2, 0.25) is 0 Å². The molecule has 0 amide bonds. The molecule has 0 bridgehead atoms. The van der Waals surface area contributed by atoms with E-state index in [2.05, 4.69) is 107 Å². The van der Waals surface area contributed by atoms with E-state index >= 15 is 0 Å². The minimum atomic E-state index is -1.94. The summed E-state index contributed by atoms with van der Waals surface area (Å²) in [5.41, 5.74) is 4.87. The maximum Gasteiger partial charge on any atom is 0.192 e. The maximum absolute atomic E-state index is 7.06. The van der Waals surface area contributed by atoms with Gasteiger partial charge in [-0.05, 0) is 110 Å². The Morgan fingerprint density at radius 2 is 1.44 bits per heavy atom. The van der Waals surface area contributed by atoms with E-state index in [9.17, 15) is 0 Å². The molecule has 3 aliphatic carbocycles. The zero-order valence-electron chi connectivity index (χ0n) is 28.2. The predicted octanol–water partition coefficient (Wildman–Crippen LogP) is 11.2. The second kappa shape index (κ2) is 11.7. The van der Waals surface area contributed by atoms with Crippen molar-refractivity contribution in [2.75, 3.05) is 0 Å². The van der Waals surface area contributed by atoms with Crippen molar-refractivity contribution in [3.8, 4) is 0 Å². The van der Waals surface area contributed by atoms with Gasteiger partial charge in [-0.15, -0.1) is 0 Å². The van der Waals surface area contributed by atoms with E-state index in [0.717, 1.165) is 30.6 Å². The molecule has 0 aromatic rings. The molecule has 3 aliphatic rings. The standard InChI is InChI=1S/C35H64O2Si2/c1-15-25(2)29-20-21-30-28(17-16-22-35(29,30)10)19-18-27-23-31(36-38(11,12)33(4,5)6)26(3)32(24-27)37-39(13,14)34(7,8)9/h18-19,25,29-32H,3,15-17,20-24H2,1-2,4-14H3/b28-19+/t25-,29?,30?,31+,32+,35+/m0/s1. The molecule has 39 heavy (non-hydrogen) atoms. The number of allylic oxidation sites excluding steroid dienone is 3. The van der Waals surface area contributed by atoms with Crippen molar-refractivity contribution in [1.29, 1.82) is 0 Å². The molecular weight excluding hydrogens is 509 g/mol. The smallest absolute Gasteiger partial charge is 0.192 e. The average molecular weight is 573 g/mol. The Labute approximate surface area is 245 Å². The van der Waals surface area contributed by atoms with E-state index in [-0.39, 0.29) is 22.3 Å². The van der Waals surface area contributed by atoms with E-state index < -0.39 is 16.6 Å². The Morgan fingerprint density at radius 3 is 1.90 bits per heavy atom. The number of rotatable bonds is 7. The highest BCUT2D eigenvalue weighted by molar-refractivity contribution is 6.74. The summed E-state index contributed by atoms with van der Waals surface area (Å²) in [4.78, 5) is 0. The first-order chi connectivity index (χ1) is 17.7. The molecule has 2 unspecified atom stereocenters. The maximum atomic E-state index is 7.06. The van der Waals surface area contributed by atoms with Gasteiger partial charge in [-0.25, -0.2) is 0 Å². The summed E-state index contributed by atoms with van der Waals surface area (Å²) in [7, 11) is -3.88. The third kappa shape index (κ3) is 6.97. The molecule has 6 atom stereocenters. The Balaban J connectivity index is 1.92. The van der Waals surface area contributed by atoms with Crippen LogP contribution in [0.3, 0.4) is 0 Å². The lowest BCUT2D eigenvalue weighted by Crippen LogP contribution is -2.49. The lowest BCUT2D eigenvalue weighted by Gasteiger charge is -2.46. The second-order valence-electron chi connectivity index (χ2n) is 16.8. The van der Waals surface area contributed by atoms with Crippen molar-refractivity contribution in [1.82, 2.24) is 0 Å². The largest absolute Gasteiger partial charge is 0.410 e. The lowest BCUT2D eigenvalue weighted by atomic mass is 9.61. The molecule has 0 aliphatic heterocycles. The summed E-state index contributed by atoms with van der Waals surface area (Å²) in [6, 6.07) is 0. The van der Waals surface area contributed by atoms with E-state index in [1.807, 2.05) is 0 Å². The van der Waals surface area contributed by atoms with Crippen molar-refractivity contribution in [3.05, 3.63) is 35.5 Å². The highest BCUT2D eigenvalue weighted by Crippen LogP contribution is 2.59. The van der Waals surface area contributed by atoms with Crippen molar-refractivity contribution in [2.24, 2.45) is 23.2 Å². The number of hydrogen-bond donors (Lipinski definition) is 0. The number of hydrogen-bond acceptors (Lipinski definition) is 2. The third-order valence-corrected chi connectivity index (χ3v) is 21.1. The summed E-state index contributed by atoms with van der Waals surface area (Å²) < 4.78 is 14.1. The predicted molar refractivity (Wildman–Crippen MR) is 176 cm³/mol. The number of fused-ring (bicyclic) bond motifs is 1. The molecule has 0 aromatic heterocycles. The minimum absolute atomic E-state index is 0.0527. The van der Waals surface area contributed by atoms with E-state index in [1.165, 1.54) is 49.7 Å². The molecule has 3 rings (SSSR count). The van der Waals surface area contributed by atoms with Crippen LogP contribution in [0.25, 0.3) is 0 Å². The van der Waals surface area contributed by atoms with Gasteiger partial charge in [0.25, 0.3) is 0 Å². The van der Waals surface area contributed by atoms with Crippen molar-refractivity contribution in [3.63, 3.8) is 0 Å². The molecule has 2 nitrogen and oxygen atoms in total. The van der Waals surface area contributed by atoms with Crippen LogP contribution in [0.2, 0.25) is 36.3 Å². The molecule has 4 heteroatoms. The first-order valence-electron chi connectivity index (χ1n) is 16.2. The topological polar surface area (TPSA) is 18.5 Å². The van der Waals surface area contributed by atoms with Crippen molar-refractivity contribution in [2.45, 2.75) is 162 Å². The normalized spacial score (nSPS) is 32.9. The van der Waals surface area contributed by atoms with Gasteiger partial charge in [0.05, 0.1) is 12.2 Å². The van der Waals surface area contributed by atoms with Crippen molar-refractivity contribution < 1.29 is 8.85 Å². The summed E-state index contributed by atoms with van der Waals surface area (Å²) in [6.45, 7) is 35.7. The van der Waals surface area contributed by atoms with Crippen LogP contribution in [-0.4, -0.2) is 28.8 Å². The van der Waals surface area contributed by atoms with Gasteiger partial charge in [-0.1, -0.05) is 98.6 Å². The van der Waals surface area contributed by atoms with Gasteiger partial charge in [-0.3, -0.25) is 0 Å². The van der Waals surface area contributed by atoms with Crippen molar-refractivity contribution >= 4 is 16.6 Å². The van der Waals surface area contributed by atoms with Crippen LogP contribution in [0, 0.1) is 23.2 Å². The molecule has 3 saturated carbocycles. The Hall–Kier alpha value is -0.426. The van der Waals surface area contributed by atoms with Gasteiger partial charge in [0.1, 0.15) is 0 Å². The molecule has 0 saturated heterocycles. The van der Waals surface area contributed by atoms with Crippen LogP contribution < -0.4 is 0 Å². The van der Waals surface area contributed by atoms with Crippen LogP contribution in [0.1, 0.15) is 114 Å². The van der Waals surface area contributed by atoms with Crippen LogP contribution >= 0.6 is 0 Å². The van der Waals surface area contributed by atoms with Crippen LogP contribution in [0.4, 0.5) is 0 Å². The van der Waals surface area contributed by atoms with Gasteiger partial charge in [0, 0.05) is 0 Å². The monoisotopic (exact) mass is 572 g/mol. The quantitative estimate of drug-likeness (QED) is 0.223.